The molecule has 1 unspecified atom stereocenters. The molecule has 1 atom stereocenters. The van der Waals surface area contributed by atoms with E-state index >= 15 is 0 Å². The molecule has 0 aliphatic carbocycles. The molecule has 0 spiro atoms. The van der Waals surface area contributed by atoms with E-state index in [0.717, 1.165) is 0 Å². The van der Waals surface area contributed by atoms with Crippen LogP contribution >= 0.6 is 0 Å². The number of nitrogens with one attached hydrogen (secondary N) is 1. The van der Waals surface area contributed by atoms with Crippen LogP contribution in [0, 0.1) is 19.3 Å². The molecule has 4 nitrogen and oxygen atoms in total. The average molecular weight is 252 g/mol. The lowest BCUT2D eigenvalue weighted by molar-refractivity contribution is 0.563. The summed E-state index contributed by atoms with van der Waals surface area (Å²) in [6.07, 6.45) is 5.48. The van der Waals surface area contributed by atoms with Gasteiger partial charge in [0.1, 0.15) is 0 Å². The minimum Gasteiger partial charge on any atom is -0.398 e. The number of benzene rings is 1. The van der Waals surface area contributed by atoms with E-state index in [1.165, 1.54) is 6.07 Å². The number of anilines is 1. The van der Waals surface area contributed by atoms with E-state index in [9.17, 15) is 8.42 Å². The van der Waals surface area contributed by atoms with Crippen molar-refractivity contribution in [2.24, 2.45) is 0 Å². The zero-order valence-corrected chi connectivity index (χ0v) is 10.7. The number of hydrogen-bond acceptors (Lipinski definition) is 3. The van der Waals surface area contributed by atoms with Gasteiger partial charge in [0.2, 0.25) is 10.0 Å². The Kier molecular flexibility index (Phi) is 4.16. The van der Waals surface area contributed by atoms with Crippen molar-refractivity contribution in [1.29, 1.82) is 0 Å². The Bertz CT molecular complexity index is 544. The Morgan fingerprint density at radius 1 is 1.53 bits per heavy atom. The van der Waals surface area contributed by atoms with Gasteiger partial charge in [-0.2, -0.15) is 0 Å². The van der Waals surface area contributed by atoms with Gasteiger partial charge in [0.05, 0.1) is 4.90 Å². The topological polar surface area (TPSA) is 72.2 Å². The molecule has 92 valence electrons. The number of hydrogen-bond donors (Lipinski definition) is 2. The van der Waals surface area contributed by atoms with Crippen molar-refractivity contribution in [3.05, 3.63) is 23.8 Å². The first-order chi connectivity index (χ1) is 7.88. The van der Waals surface area contributed by atoms with E-state index in [4.69, 9.17) is 12.2 Å². The lowest BCUT2D eigenvalue weighted by atomic mass is 10.2. The standard InChI is InChI=1S/C12H16N2O2S/c1-4-6-9(2)14-17(15,16)12-8-5-7-11(13)10(12)3/h1,5,7-9,14H,6,13H2,2-3H3. The summed E-state index contributed by atoms with van der Waals surface area (Å²) in [5.74, 6) is 2.42. The van der Waals surface area contributed by atoms with Crippen LogP contribution in [0.5, 0.6) is 0 Å². The van der Waals surface area contributed by atoms with Gasteiger partial charge in [-0.3, -0.25) is 0 Å². The molecule has 1 aromatic rings. The Labute approximate surface area is 102 Å². The van der Waals surface area contributed by atoms with E-state index in [0.29, 0.717) is 17.7 Å². The second-order valence-electron chi connectivity index (χ2n) is 3.90. The van der Waals surface area contributed by atoms with Crippen molar-refractivity contribution in [1.82, 2.24) is 4.72 Å². The summed E-state index contributed by atoms with van der Waals surface area (Å²) in [7, 11) is -3.56. The zero-order valence-electron chi connectivity index (χ0n) is 9.90. The van der Waals surface area contributed by atoms with Gasteiger partial charge in [-0.05, 0) is 31.5 Å². The summed E-state index contributed by atoms with van der Waals surface area (Å²) in [6.45, 7) is 3.40. The highest BCUT2D eigenvalue weighted by atomic mass is 32.2. The van der Waals surface area contributed by atoms with Gasteiger partial charge in [0.15, 0.2) is 0 Å². The van der Waals surface area contributed by atoms with Gasteiger partial charge < -0.3 is 5.73 Å². The first-order valence-corrected chi connectivity index (χ1v) is 6.67. The van der Waals surface area contributed by atoms with Gasteiger partial charge in [0, 0.05) is 18.2 Å². The fraction of sp³-hybridized carbons (Fsp3) is 0.333. The number of rotatable bonds is 4. The second-order valence-corrected chi connectivity index (χ2v) is 5.58. The highest BCUT2D eigenvalue weighted by Crippen LogP contribution is 2.20. The molecule has 0 saturated heterocycles. The molecule has 1 rings (SSSR count). The summed E-state index contributed by atoms with van der Waals surface area (Å²) in [6, 6.07) is 4.50. The van der Waals surface area contributed by atoms with Crippen LogP contribution in [0.3, 0.4) is 0 Å². The van der Waals surface area contributed by atoms with Crippen molar-refractivity contribution >= 4 is 15.7 Å². The number of nitrogens with two attached hydrogens (primary N) is 1. The van der Waals surface area contributed by atoms with Crippen molar-refractivity contribution in [2.75, 3.05) is 5.73 Å². The lowest BCUT2D eigenvalue weighted by Gasteiger charge is -2.14. The Balaban J connectivity index is 3.07. The summed E-state index contributed by atoms with van der Waals surface area (Å²) < 4.78 is 26.6. The van der Waals surface area contributed by atoms with E-state index in [2.05, 4.69) is 10.6 Å². The Morgan fingerprint density at radius 2 is 2.18 bits per heavy atom. The maximum absolute atomic E-state index is 12.1. The minimum atomic E-state index is -3.56. The monoisotopic (exact) mass is 252 g/mol. The number of terminal acetylenes is 1. The van der Waals surface area contributed by atoms with Gasteiger partial charge in [-0.1, -0.05) is 6.07 Å². The van der Waals surface area contributed by atoms with Crippen LogP contribution in [0.25, 0.3) is 0 Å². The fourth-order valence-electron chi connectivity index (χ4n) is 1.47. The number of nitrogen functional groups attached to an aromatic ring is 1. The van der Waals surface area contributed by atoms with Crippen LogP contribution in [0.4, 0.5) is 5.69 Å². The first kappa shape index (κ1) is 13.6. The molecule has 0 aliphatic rings. The van der Waals surface area contributed by atoms with Crippen molar-refractivity contribution in [3.63, 3.8) is 0 Å². The first-order valence-electron chi connectivity index (χ1n) is 5.19. The van der Waals surface area contributed by atoms with Gasteiger partial charge in [0.25, 0.3) is 0 Å². The smallest absolute Gasteiger partial charge is 0.241 e. The Morgan fingerprint density at radius 3 is 2.76 bits per heavy atom. The van der Waals surface area contributed by atoms with Crippen LogP contribution in [0.15, 0.2) is 23.1 Å². The van der Waals surface area contributed by atoms with E-state index in [1.54, 1.807) is 26.0 Å². The molecule has 0 saturated carbocycles. The lowest BCUT2D eigenvalue weighted by Crippen LogP contribution is -2.32. The SMILES string of the molecule is C#CCC(C)NS(=O)(=O)c1cccc(N)c1C. The predicted octanol–water partition coefficient (Wildman–Crippen LogP) is 1.27. The molecule has 0 aliphatic heterocycles. The summed E-state index contributed by atoms with van der Waals surface area (Å²) in [5, 5.41) is 0. The molecule has 0 bridgehead atoms. The van der Waals surface area contributed by atoms with Gasteiger partial charge in [-0.15, -0.1) is 12.3 Å². The van der Waals surface area contributed by atoms with Crippen LogP contribution in [-0.4, -0.2) is 14.5 Å². The average Bonchev–Trinajstić information content (AvgIpc) is 2.21. The summed E-state index contributed by atoms with van der Waals surface area (Å²) in [5.41, 5.74) is 6.69. The molecule has 17 heavy (non-hydrogen) atoms. The van der Waals surface area contributed by atoms with E-state index in [-0.39, 0.29) is 10.9 Å². The molecule has 0 fully saturated rings. The fourth-order valence-corrected chi connectivity index (χ4v) is 2.99. The van der Waals surface area contributed by atoms with Crippen LogP contribution in [0.1, 0.15) is 18.9 Å². The summed E-state index contributed by atoms with van der Waals surface area (Å²) >= 11 is 0. The molecule has 0 heterocycles. The molecular formula is C12H16N2O2S. The van der Waals surface area contributed by atoms with Gasteiger partial charge in [-0.25, -0.2) is 13.1 Å². The van der Waals surface area contributed by atoms with Crippen LogP contribution in [0.2, 0.25) is 0 Å². The zero-order chi connectivity index (χ0) is 13.1. The minimum absolute atomic E-state index is 0.196. The Hall–Kier alpha value is -1.51. The number of sulfonamides is 1. The maximum Gasteiger partial charge on any atom is 0.241 e. The molecular weight excluding hydrogens is 236 g/mol. The normalized spacial score (nSPS) is 13.0. The summed E-state index contributed by atoms with van der Waals surface area (Å²) in [4.78, 5) is 0.196. The second kappa shape index (κ2) is 5.21. The molecule has 0 amide bonds. The van der Waals surface area contributed by atoms with Crippen molar-refractivity contribution in [3.8, 4) is 12.3 Å². The molecule has 3 N–H and O–H groups in total. The highest BCUT2D eigenvalue weighted by molar-refractivity contribution is 7.89. The molecule has 0 radical (unpaired) electrons. The largest absolute Gasteiger partial charge is 0.398 e. The van der Waals surface area contributed by atoms with E-state index < -0.39 is 10.0 Å². The quantitative estimate of drug-likeness (QED) is 0.626. The maximum atomic E-state index is 12.1. The third kappa shape index (κ3) is 3.22. The molecule has 0 aromatic heterocycles. The predicted molar refractivity (Wildman–Crippen MR) is 68.8 cm³/mol. The van der Waals surface area contributed by atoms with Crippen molar-refractivity contribution in [2.45, 2.75) is 31.2 Å². The molecule has 5 heteroatoms. The van der Waals surface area contributed by atoms with Gasteiger partial charge >= 0.3 is 0 Å². The van der Waals surface area contributed by atoms with Crippen LogP contribution < -0.4 is 10.5 Å². The highest BCUT2D eigenvalue weighted by Gasteiger charge is 2.19. The van der Waals surface area contributed by atoms with Crippen molar-refractivity contribution < 1.29 is 8.42 Å². The third-order valence-electron chi connectivity index (χ3n) is 2.40. The van der Waals surface area contributed by atoms with Crippen LogP contribution in [-0.2, 0) is 10.0 Å². The third-order valence-corrected chi connectivity index (χ3v) is 4.13. The van der Waals surface area contributed by atoms with E-state index in [1.807, 2.05) is 0 Å². The molecule has 1 aromatic carbocycles.